The number of ether oxygens (including phenoxy) is 1. The minimum absolute atomic E-state index is 0.510. The minimum atomic E-state index is -0.691. The number of rotatable bonds is 4. The van der Waals surface area contributed by atoms with E-state index in [1.165, 1.54) is 0 Å². The van der Waals surface area contributed by atoms with Crippen LogP contribution in [0.1, 0.15) is 6.42 Å². The molecule has 0 aliphatic carbocycles. The second kappa shape index (κ2) is 5.89. The summed E-state index contributed by atoms with van der Waals surface area (Å²) in [6.45, 7) is 2.55. The Balaban J connectivity index is 1.60. The zero-order valence-corrected chi connectivity index (χ0v) is 11.7. The van der Waals surface area contributed by atoms with Crippen molar-refractivity contribution in [3.63, 3.8) is 0 Å². The lowest BCUT2D eigenvalue weighted by Gasteiger charge is -2.14. The lowest BCUT2D eigenvalue weighted by molar-refractivity contribution is 0.224. The van der Waals surface area contributed by atoms with Crippen LogP contribution in [0.2, 0.25) is 5.02 Å². The molecular formula is C14H15ClFN3O. The minimum Gasteiger partial charge on any atom is -0.491 e. The first kappa shape index (κ1) is 13.5. The number of halogens is 2. The molecule has 1 saturated heterocycles. The zero-order valence-electron chi connectivity index (χ0n) is 10.9. The van der Waals surface area contributed by atoms with Gasteiger partial charge < -0.3 is 4.74 Å². The second-order valence-corrected chi connectivity index (χ2v) is 5.27. The average Bonchev–Trinajstić information content (AvgIpc) is 2.85. The highest BCUT2D eigenvalue weighted by molar-refractivity contribution is 6.34. The number of fused-ring (bicyclic) bond motifs is 1. The Morgan fingerprint density at radius 3 is 3.15 bits per heavy atom. The fourth-order valence-corrected chi connectivity index (χ4v) is 2.54. The number of pyridine rings is 2. The highest BCUT2D eigenvalue weighted by Crippen LogP contribution is 2.22. The summed E-state index contributed by atoms with van der Waals surface area (Å²) in [4.78, 5) is 10.5. The van der Waals surface area contributed by atoms with Gasteiger partial charge in [-0.1, -0.05) is 11.6 Å². The molecule has 20 heavy (non-hydrogen) atoms. The maximum absolute atomic E-state index is 13.0. The Morgan fingerprint density at radius 1 is 1.45 bits per heavy atom. The Morgan fingerprint density at radius 2 is 2.35 bits per heavy atom. The summed E-state index contributed by atoms with van der Waals surface area (Å²) in [5, 5.41) is 0.576. The van der Waals surface area contributed by atoms with Gasteiger partial charge >= 0.3 is 0 Å². The van der Waals surface area contributed by atoms with Crippen molar-refractivity contribution in [2.24, 2.45) is 0 Å². The molecule has 6 heteroatoms. The van der Waals surface area contributed by atoms with Crippen LogP contribution < -0.4 is 4.74 Å². The van der Waals surface area contributed by atoms with Crippen molar-refractivity contribution in [1.82, 2.24) is 14.9 Å². The van der Waals surface area contributed by atoms with Crippen LogP contribution in [0.4, 0.5) is 4.39 Å². The standard InChI is InChI=1S/C14H15ClFN3O/c15-12-1-3-17-13-7-11(8-18-14(12)13)20-6-5-19-4-2-10(16)9-19/h1,3,7-8,10H,2,4-6,9H2. The SMILES string of the molecule is FC1CCN(CCOc2cnc3c(Cl)ccnc3c2)C1. The van der Waals surface area contributed by atoms with Crippen molar-refractivity contribution in [2.45, 2.75) is 12.6 Å². The van der Waals surface area contributed by atoms with Crippen molar-refractivity contribution in [3.8, 4) is 5.75 Å². The first-order valence-corrected chi connectivity index (χ1v) is 6.99. The van der Waals surface area contributed by atoms with Crippen LogP contribution in [-0.4, -0.2) is 47.3 Å². The van der Waals surface area contributed by atoms with Crippen LogP contribution in [0, 0.1) is 0 Å². The summed E-state index contributed by atoms with van der Waals surface area (Å²) in [7, 11) is 0. The summed E-state index contributed by atoms with van der Waals surface area (Å²) in [6, 6.07) is 3.52. The Hall–Kier alpha value is -1.46. The van der Waals surface area contributed by atoms with Crippen molar-refractivity contribution in [1.29, 1.82) is 0 Å². The van der Waals surface area contributed by atoms with E-state index in [1.54, 1.807) is 18.5 Å². The highest BCUT2D eigenvalue weighted by Gasteiger charge is 2.21. The summed E-state index contributed by atoms with van der Waals surface area (Å²) in [5.74, 6) is 0.656. The topological polar surface area (TPSA) is 38.2 Å². The summed E-state index contributed by atoms with van der Waals surface area (Å²) >= 11 is 6.03. The van der Waals surface area contributed by atoms with Crippen molar-refractivity contribution in [2.75, 3.05) is 26.2 Å². The molecule has 4 nitrogen and oxygen atoms in total. The molecule has 1 aliphatic heterocycles. The molecule has 2 aromatic heterocycles. The lowest BCUT2D eigenvalue weighted by Crippen LogP contribution is -2.26. The number of aromatic nitrogens is 2. The predicted molar refractivity (Wildman–Crippen MR) is 76.0 cm³/mol. The van der Waals surface area contributed by atoms with E-state index < -0.39 is 6.17 Å². The number of hydrogen-bond acceptors (Lipinski definition) is 4. The first-order valence-electron chi connectivity index (χ1n) is 6.62. The van der Waals surface area contributed by atoms with E-state index in [9.17, 15) is 4.39 Å². The van der Waals surface area contributed by atoms with Crippen LogP contribution >= 0.6 is 11.6 Å². The van der Waals surface area contributed by atoms with E-state index in [0.717, 1.165) is 13.1 Å². The molecule has 0 amide bonds. The Bertz CT molecular complexity index is 610. The van der Waals surface area contributed by atoms with E-state index in [-0.39, 0.29) is 0 Å². The van der Waals surface area contributed by atoms with Gasteiger partial charge in [0, 0.05) is 31.9 Å². The average molecular weight is 296 g/mol. The summed E-state index contributed by atoms with van der Waals surface area (Å²) in [5.41, 5.74) is 1.38. The van der Waals surface area contributed by atoms with Gasteiger partial charge in [-0.3, -0.25) is 9.88 Å². The molecule has 0 N–H and O–H groups in total. The molecule has 0 aromatic carbocycles. The van der Waals surface area contributed by atoms with Crippen molar-refractivity contribution >= 4 is 22.6 Å². The van der Waals surface area contributed by atoms with Gasteiger partial charge in [-0.25, -0.2) is 9.37 Å². The van der Waals surface area contributed by atoms with E-state index in [4.69, 9.17) is 16.3 Å². The largest absolute Gasteiger partial charge is 0.491 e. The highest BCUT2D eigenvalue weighted by atomic mass is 35.5. The molecular weight excluding hydrogens is 281 g/mol. The third-order valence-corrected chi connectivity index (χ3v) is 3.70. The monoisotopic (exact) mass is 295 g/mol. The quantitative estimate of drug-likeness (QED) is 0.869. The molecule has 3 rings (SSSR count). The van der Waals surface area contributed by atoms with Crippen LogP contribution in [0.5, 0.6) is 5.75 Å². The molecule has 2 aromatic rings. The fraction of sp³-hybridized carbons (Fsp3) is 0.429. The molecule has 0 saturated carbocycles. The molecule has 1 aliphatic rings. The third-order valence-electron chi connectivity index (χ3n) is 3.39. The second-order valence-electron chi connectivity index (χ2n) is 4.87. The summed E-state index contributed by atoms with van der Waals surface area (Å²) < 4.78 is 18.7. The van der Waals surface area contributed by atoms with E-state index in [2.05, 4.69) is 14.9 Å². The van der Waals surface area contributed by atoms with E-state index >= 15 is 0 Å². The molecule has 1 unspecified atom stereocenters. The van der Waals surface area contributed by atoms with E-state index in [1.807, 2.05) is 6.07 Å². The van der Waals surface area contributed by atoms with Gasteiger partial charge in [-0.15, -0.1) is 0 Å². The van der Waals surface area contributed by atoms with Gasteiger partial charge in [-0.2, -0.15) is 0 Å². The lowest BCUT2D eigenvalue weighted by atomic mass is 10.3. The Labute approximate surface area is 121 Å². The van der Waals surface area contributed by atoms with Gasteiger partial charge in [0.2, 0.25) is 0 Å². The smallest absolute Gasteiger partial charge is 0.139 e. The molecule has 0 bridgehead atoms. The maximum atomic E-state index is 13.0. The third kappa shape index (κ3) is 2.99. The van der Waals surface area contributed by atoms with E-state index in [0.29, 0.717) is 41.4 Å². The predicted octanol–water partition coefficient (Wildman–Crippen LogP) is 2.71. The maximum Gasteiger partial charge on any atom is 0.139 e. The normalized spacial score (nSPS) is 19.6. The molecule has 0 spiro atoms. The van der Waals surface area contributed by atoms with Crippen LogP contribution in [0.15, 0.2) is 24.5 Å². The Kier molecular flexibility index (Phi) is 3.98. The molecule has 1 atom stereocenters. The molecule has 1 fully saturated rings. The number of hydrogen-bond donors (Lipinski definition) is 0. The summed E-state index contributed by atoms with van der Waals surface area (Å²) in [6.07, 6.45) is 3.21. The first-order chi connectivity index (χ1) is 9.72. The van der Waals surface area contributed by atoms with Crippen LogP contribution in [-0.2, 0) is 0 Å². The van der Waals surface area contributed by atoms with Crippen molar-refractivity contribution < 1.29 is 9.13 Å². The molecule has 3 heterocycles. The zero-order chi connectivity index (χ0) is 13.9. The van der Waals surface area contributed by atoms with Gasteiger partial charge in [-0.05, 0) is 12.5 Å². The number of nitrogens with zero attached hydrogens (tertiary/aromatic N) is 3. The molecule has 106 valence electrons. The van der Waals surface area contributed by atoms with Gasteiger partial charge in [0.05, 0.1) is 16.7 Å². The van der Waals surface area contributed by atoms with Crippen molar-refractivity contribution in [3.05, 3.63) is 29.5 Å². The van der Waals surface area contributed by atoms with Gasteiger partial charge in [0.1, 0.15) is 24.0 Å². The van der Waals surface area contributed by atoms with Gasteiger partial charge in [0.15, 0.2) is 0 Å². The number of alkyl halides is 1. The van der Waals surface area contributed by atoms with Crippen LogP contribution in [0.25, 0.3) is 11.0 Å². The fourth-order valence-electron chi connectivity index (χ4n) is 2.34. The van der Waals surface area contributed by atoms with Gasteiger partial charge in [0.25, 0.3) is 0 Å². The number of likely N-dealkylation sites (tertiary alicyclic amines) is 1. The molecule has 0 radical (unpaired) electrons. The van der Waals surface area contributed by atoms with Crippen LogP contribution in [0.3, 0.4) is 0 Å².